The van der Waals surface area contributed by atoms with Crippen molar-refractivity contribution in [3.63, 3.8) is 0 Å². The van der Waals surface area contributed by atoms with Crippen molar-refractivity contribution in [1.82, 2.24) is 9.55 Å². The molecule has 0 radical (unpaired) electrons. The number of hydrogen-bond acceptors (Lipinski definition) is 3. The van der Waals surface area contributed by atoms with E-state index in [2.05, 4.69) is 19.9 Å². The SMILES string of the molecule is CCn1c(SCC(C)C)nc2cc3ccccc3cc2c1=O. The third-order valence-electron chi connectivity index (χ3n) is 3.65. The molecule has 0 unspecified atom stereocenters. The van der Waals surface area contributed by atoms with E-state index in [0.717, 1.165) is 27.2 Å². The van der Waals surface area contributed by atoms with Crippen LogP contribution < -0.4 is 5.56 Å². The van der Waals surface area contributed by atoms with Gasteiger partial charge in [0.05, 0.1) is 10.9 Å². The van der Waals surface area contributed by atoms with E-state index >= 15 is 0 Å². The second-order valence-corrected chi connectivity index (χ2v) is 6.85. The molecule has 0 fully saturated rings. The molecule has 0 amide bonds. The zero-order chi connectivity index (χ0) is 15.7. The number of aromatic nitrogens is 2. The van der Waals surface area contributed by atoms with E-state index in [1.165, 1.54) is 0 Å². The van der Waals surface area contributed by atoms with Gasteiger partial charge >= 0.3 is 0 Å². The van der Waals surface area contributed by atoms with Gasteiger partial charge in [0, 0.05) is 12.3 Å². The summed E-state index contributed by atoms with van der Waals surface area (Å²) in [6.07, 6.45) is 0. The number of nitrogens with zero attached hydrogens (tertiary/aromatic N) is 2. The molecule has 3 aromatic rings. The molecule has 4 heteroatoms. The fourth-order valence-electron chi connectivity index (χ4n) is 2.52. The zero-order valence-corrected chi connectivity index (χ0v) is 14.0. The lowest BCUT2D eigenvalue weighted by Crippen LogP contribution is -2.22. The molecule has 0 spiro atoms. The van der Waals surface area contributed by atoms with Gasteiger partial charge in [0.25, 0.3) is 5.56 Å². The molecular weight excluding hydrogens is 292 g/mol. The van der Waals surface area contributed by atoms with Crippen LogP contribution in [0.25, 0.3) is 21.7 Å². The quantitative estimate of drug-likeness (QED) is 0.409. The Kier molecular flexibility index (Phi) is 4.21. The van der Waals surface area contributed by atoms with Gasteiger partial charge in [-0.3, -0.25) is 9.36 Å². The number of hydrogen-bond donors (Lipinski definition) is 0. The minimum atomic E-state index is 0.0597. The molecule has 0 aliphatic rings. The predicted molar refractivity (Wildman–Crippen MR) is 94.7 cm³/mol. The van der Waals surface area contributed by atoms with Gasteiger partial charge in [-0.2, -0.15) is 0 Å². The second-order valence-electron chi connectivity index (χ2n) is 5.87. The summed E-state index contributed by atoms with van der Waals surface area (Å²) in [6, 6.07) is 12.1. The summed E-state index contributed by atoms with van der Waals surface area (Å²) in [4.78, 5) is 17.5. The molecule has 114 valence electrons. The van der Waals surface area contributed by atoms with Crippen molar-refractivity contribution in [3.8, 4) is 0 Å². The Morgan fingerprint density at radius 2 is 1.86 bits per heavy atom. The highest BCUT2D eigenvalue weighted by Crippen LogP contribution is 2.23. The van der Waals surface area contributed by atoms with E-state index in [1.807, 2.05) is 37.3 Å². The first-order chi connectivity index (χ1) is 10.6. The van der Waals surface area contributed by atoms with Gasteiger partial charge in [0.2, 0.25) is 0 Å². The van der Waals surface area contributed by atoms with E-state index in [-0.39, 0.29) is 5.56 Å². The second kappa shape index (κ2) is 6.13. The van der Waals surface area contributed by atoms with E-state index in [0.29, 0.717) is 17.8 Å². The van der Waals surface area contributed by atoms with Crippen LogP contribution in [0.2, 0.25) is 0 Å². The van der Waals surface area contributed by atoms with E-state index in [9.17, 15) is 4.79 Å². The Labute approximate surface area is 134 Å². The third kappa shape index (κ3) is 2.75. The fourth-order valence-corrected chi connectivity index (χ4v) is 3.53. The molecule has 0 bridgehead atoms. The number of benzene rings is 2. The minimum absolute atomic E-state index is 0.0597. The fraction of sp³-hybridized carbons (Fsp3) is 0.333. The Hall–Kier alpha value is -1.81. The summed E-state index contributed by atoms with van der Waals surface area (Å²) in [5.74, 6) is 1.53. The molecular formula is C18H20N2OS. The van der Waals surface area contributed by atoms with Crippen molar-refractivity contribution in [3.05, 3.63) is 46.8 Å². The Bertz CT molecular complexity index is 883. The average Bonchev–Trinajstić information content (AvgIpc) is 2.51. The molecule has 3 nitrogen and oxygen atoms in total. The zero-order valence-electron chi connectivity index (χ0n) is 13.2. The van der Waals surface area contributed by atoms with E-state index in [4.69, 9.17) is 4.98 Å². The number of fused-ring (bicyclic) bond motifs is 2. The van der Waals surface area contributed by atoms with Crippen LogP contribution in [0.15, 0.2) is 46.3 Å². The average molecular weight is 312 g/mol. The van der Waals surface area contributed by atoms with Crippen molar-refractivity contribution in [2.45, 2.75) is 32.5 Å². The normalized spacial score (nSPS) is 11.6. The van der Waals surface area contributed by atoms with Gasteiger partial charge in [-0.1, -0.05) is 49.9 Å². The summed E-state index contributed by atoms with van der Waals surface area (Å²) in [5.41, 5.74) is 0.851. The monoisotopic (exact) mass is 312 g/mol. The molecule has 0 saturated carbocycles. The molecule has 0 aliphatic carbocycles. The van der Waals surface area contributed by atoms with Crippen LogP contribution in [0.5, 0.6) is 0 Å². The predicted octanol–water partition coefficient (Wildman–Crippen LogP) is 4.32. The molecule has 22 heavy (non-hydrogen) atoms. The largest absolute Gasteiger partial charge is 0.287 e. The highest BCUT2D eigenvalue weighted by atomic mass is 32.2. The summed E-state index contributed by atoms with van der Waals surface area (Å²) in [7, 11) is 0. The molecule has 3 rings (SSSR count). The smallest absolute Gasteiger partial charge is 0.262 e. The van der Waals surface area contributed by atoms with Crippen LogP contribution in [0.1, 0.15) is 20.8 Å². The number of thioether (sulfide) groups is 1. The van der Waals surface area contributed by atoms with Crippen LogP contribution in [-0.4, -0.2) is 15.3 Å². The maximum atomic E-state index is 12.8. The van der Waals surface area contributed by atoms with Gasteiger partial charge in [-0.15, -0.1) is 0 Å². The van der Waals surface area contributed by atoms with E-state index < -0.39 is 0 Å². The Morgan fingerprint density at radius 1 is 1.18 bits per heavy atom. The first-order valence-corrected chi connectivity index (χ1v) is 8.65. The van der Waals surface area contributed by atoms with Crippen molar-refractivity contribution in [2.75, 3.05) is 5.75 Å². The van der Waals surface area contributed by atoms with Gasteiger partial charge in [0.15, 0.2) is 5.16 Å². The van der Waals surface area contributed by atoms with Crippen molar-refractivity contribution < 1.29 is 0 Å². The highest BCUT2D eigenvalue weighted by molar-refractivity contribution is 7.99. The first kappa shape index (κ1) is 15.1. The van der Waals surface area contributed by atoms with Crippen LogP contribution in [0.4, 0.5) is 0 Å². The number of rotatable bonds is 4. The summed E-state index contributed by atoms with van der Waals surface area (Å²) < 4.78 is 1.78. The van der Waals surface area contributed by atoms with Crippen LogP contribution in [0, 0.1) is 5.92 Å². The maximum Gasteiger partial charge on any atom is 0.262 e. The molecule has 2 aromatic carbocycles. The van der Waals surface area contributed by atoms with E-state index in [1.54, 1.807) is 16.3 Å². The standard InChI is InChI=1S/C18H20N2OS/c1-4-20-17(21)15-9-13-7-5-6-8-14(13)10-16(15)19-18(20)22-11-12(2)3/h5-10,12H,4,11H2,1-3H3. The van der Waals surface area contributed by atoms with Crippen LogP contribution >= 0.6 is 11.8 Å². The maximum absolute atomic E-state index is 12.8. The summed E-state index contributed by atoms with van der Waals surface area (Å²) in [6.45, 7) is 7.00. The van der Waals surface area contributed by atoms with Gasteiger partial charge < -0.3 is 0 Å². The summed E-state index contributed by atoms with van der Waals surface area (Å²) >= 11 is 1.67. The molecule has 0 saturated heterocycles. The molecule has 0 atom stereocenters. The lowest BCUT2D eigenvalue weighted by atomic mass is 10.1. The van der Waals surface area contributed by atoms with Crippen LogP contribution in [-0.2, 0) is 6.54 Å². The van der Waals surface area contributed by atoms with Crippen molar-refractivity contribution >= 4 is 33.4 Å². The first-order valence-electron chi connectivity index (χ1n) is 7.66. The summed E-state index contributed by atoms with van der Waals surface area (Å²) in [5, 5.41) is 3.73. The Morgan fingerprint density at radius 3 is 2.50 bits per heavy atom. The van der Waals surface area contributed by atoms with Gasteiger partial charge in [-0.05, 0) is 35.7 Å². The molecule has 0 aliphatic heterocycles. The lowest BCUT2D eigenvalue weighted by Gasteiger charge is -2.12. The minimum Gasteiger partial charge on any atom is -0.287 e. The molecule has 0 N–H and O–H groups in total. The van der Waals surface area contributed by atoms with Crippen LogP contribution in [0.3, 0.4) is 0 Å². The molecule has 1 heterocycles. The molecule has 1 aromatic heterocycles. The van der Waals surface area contributed by atoms with Crippen molar-refractivity contribution in [2.24, 2.45) is 5.92 Å². The van der Waals surface area contributed by atoms with Gasteiger partial charge in [-0.25, -0.2) is 4.98 Å². The van der Waals surface area contributed by atoms with Crippen molar-refractivity contribution in [1.29, 1.82) is 0 Å². The topological polar surface area (TPSA) is 34.9 Å². The highest BCUT2D eigenvalue weighted by Gasteiger charge is 2.12. The lowest BCUT2D eigenvalue weighted by molar-refractivity contribution is 0.632. The third-order valence-corrected chi connectivity index (χ3v) is 5.05. The van der Waals surface area contributed by atoms with Gasteiger partial charge in [0.1, 0.15) is 0 Å². The Balaban J connectivity index is 2.24.